The molecule has 0 radical (unpaired) electrons. The lowest BCUT2D eigenvalue weighted by Gasteiger charge is -2.37. The number of carboxylic acids is 1. The number of aromatic carboxylic acids is 1. The van der Waals surface area contributed by atoms with Crippen LogP contribution in [0.15, 0.2) is 51.4 Å². The number of alkyl halides is 3. The zero-order valence-corrected chi connectivity index (χ0v) is 23.1. The number of hydrogen-bond donors (Lipinski definition) is 1. The van der Waals surface area contributed by atoms with Crippen LogP contribution in [0.3, 0.4) is 0 Å². The Kier molecular flexibility index (Phi) is 7.03. The third kappa shape index (κ3) is 5.61. The first-order valence-corrected chi connectivity index (χ1v) is 14.2. The van der Waals surface area contributed by atoms with Gasteiger partial charge < -0.3 is 28.4 Å². The first-order valence-electron chi connectivity index (χ1n) is 14.2. The summed E-state index contributed by atoms with van der Waals surface area (Å²) in [6.07, 6.45) is -0.188. The van der Waals surface area contributed by atoms with Gasteiger partial charge in [0.05, 0.1) is 18.3 Å². The number of aromatic nitrogens is 3. The molecule has 2 aromatic heterocycles. The van der Waals surface area contributed by atoms with Crippen LogP contribution in [-0.4, -0.2) is 51.0 Å². The summed E-state index contributed by atoms with van der Waals surface area (Å²) in [6, 6.07) is 9.50. The van der Waals surface area contributed by atoms with Gasteiger partial charge >= 0.3 is 18.3 Å². The number of nitrogens with zero attached hydrogens (tertiary/aromatic N) is 4. The van der Waals surface area contributed by atoms with Crippen LogP contribution in [0.2, 0.25) is 0 Å². The van der Waals surface area contributed by atoms with Crippen molar-refractivity contribution in [1.82, 2.24) is 15.4 Å². The molecule has 1 unspecified atom stereocenters. The minimum absolute atomic E-state index is 0.0159. The van der Waals surface area contributed by atoms with Gasteiger partial charge in [-0.25, -0.2) is 9.18 Å². The van der Waals surface area contributed by atoms with Crippen LogP contribution in [0.25, 0.3) is 22.7 Å². The van der Waals surface area contributed by atoms with Crippen LogP contribution in [0.1, 0.15) is 66.1 Å². The maximum Gasteiger partial charge on any atom is 0.573 e. The van der Waals surface area contributed by atoms with Gasteiger partial charge in [-0.2, -0.15) is 0 Å². The van der Waals surface area contributed by atoms with Gasteiger partial charge in [0.1, 0.15) is 23.0 Å². The molecule has 2 aliphatic heterocycles. The number of fused-ring (bicyclic) bond motifs is 2. The van der Waals surface area contributed by atoms with Crippen LogP contribution in [0, 0.1) is 5.82 Å². The van der Waals surface area contributed by atoms with E-state index in [1.54, 1.807) is 6.07 Å². The third-order valence-corrected chi connectivity index (χ3v) is 8.31. The van der Waals surface area contributed by atoms with E-state index in [1.807, 2.05) is 4.90 Å². The van der Waals surface area contributed by atoms with Gasteiger partial charge in [0, 0.05) is 34.7 Å². The van der Waals surface area contributed by atoms with Gasteiger partial charge in [0.2, 0.25) is 5.89 Å². The van der Waals surface area contributed by atoms with E-state index in [0.717, 1.165) is 37.8 Å². The van der Waals surface area contributed by atoms with Crippen molar-refractivity contribution >= 4 is 12.0 Å². The maximum atomic E-state index is 14.0. The number of halogens is 4. The Morgan fingerprint density at radius 2 is 1.80 bits per heavy atom. The molecule has 14 heteroatoms. The topological polar surface area (TPSA) is 124 Å². The molecule has 0 amide bonds. The molecule has 3 atom stereocenters. The smallest absolute Gasteiger partial charge is 0.478 e. The van der Waals surface area contributed by atoms with E-state index in [2.05, 4.69) is 20.1 Å². The molecule has 3 aliphatic rings. The van der Waals surface area contributed by atoms with Gasteiger partial charge in [-0.15, -0.1) is 18.3 Å². The number of rotatable bonds is 9. The summed E-state index contributed by atoms with van der Waals surface area (Å²) in [4.78, 5) is 13.4. The molecule has 2 saturated heterocycles. The van der Waals surface area contributed by atoms with Crippen molar-refractivity contribution in [1.29, 1.82) is 0 Å². The van der Waals surface area contributed by atoms with Crippen LogP contribution in [-0.2, 0) is 11.3 Å². The number of piperidine rings is 1. The van der Waals surface area contributed by atoms with Gasteiger partial charge in [-0.05, 0) is 68.9 Å². The summed E-state index contributed by atoms with van der Waals surface area (Å²) >= 11 is 0. The fraction of sp³-hybridized carbons (Fsp3) is 0.400. The molecule has 4 aromatic rings. The summed E-state index contributed by atoms with van der Waals surface area (Å²) in [5.74, 6) is -1.56. The second kappa shape index (κ2) is 10.9. The van der Waals surface area contributed by atoms with Crippen LogP contribution >= 0.6 is 0 Å². The number of para-hydroxylation sites is 1. The molecular weight excluding hydrogens is 588 g/mol. The fourth-order valence-corrected chi connectivity index (χ4v) is 6.27. The van der Waals surface area contributed by atoms with Crippen molar-refractivity contribution in [2.24, 2.45) is 0 Å². The molecule has 1 N–H and O–H groups in total. The van der Waals surface area contributed by atoms with E-state index in [9.17, 15) is 27.5 Å². The molecule has 3 fully saturated rings. The molecule has 0 spiro atoms. The monoisotopic (exact) mass is 614 g/mol. The average Bonchev–Trinajstić information content (AvgIpc) is 3.43. The highest BCUT2D eigenvalue weighted by Gasteiger charge is 2.44. The fourth-order valence-electron chi connectivity index (χ4n) is 6.27. The van der Waals surface area contributed by atoms with Gasteiger partial charge in [0.15, 0.2) is 0 Å². The Labute approximate surface area is 247 Å². The number of anilines is 1. The third-order valence-electron chi connectivity index (χ3n) is 8.31. The Balaban J connectivity index is 1.07. The lowest BCUT2D eigenvalue weighted by molar-refractivity contribution is -0.274. The summed E-state index contributed by atoms with van der Waals surface area (Å²) < 4.78 is 75.5. The molecule has 230 valence electrons. The van der Waals surface area contributed by atoms with Crippen molar-refractivity contribution < 1.29 is 45.9 Å². The molecule has 1 aliphatic carbocycles. The predicted molar refractivity (Wildman–Crippen MR) is 144 cm³/mol. The summed E-state index contributed by atoms with van der Waals surface area (Å²) in [7, 11) is 0. The number of carbonyl (C=O) groups is 1. The van der Waals surface area contributed by atoms with E-state index in [0.29, 0.717) is 24.2 Å². The SMILES string of the molecule is O=C(O)c1cc(F)cc(-c2nnc(N3[C@@H]4CC[C@H]3CC(OCc3c(-c5ccccc5OC(F)(F)F)noc3C3CC3)C4)o2)c1. The first-order chi connectivity index (χ1) is 21.1. The highest BCUT2D eigenvalue weighted by Crippen LogP contribution is 2.46. The largest absolute Gasteiger partial charge is 0.573 e. The highest BCUT2D eigenvalue weighted by molar-refractivity contribution is 5.89. The number of benzene rings is 2. The van der Waals surface area contributed by atoms with E-state index >= 15 is 0 Å². The van der Waals surface area contributed by atoms with Crippen molar-refractivity contribution in [3.8, 4) is 28.5 Å². The Morgan fingerprint density at radius 1 is 1.05 bits per heavy atom. The molecule has 2 bridgehead atoms. The molecular formula is C30H26F4N4O6. The van der Waals surface area contributed by atoms with E-state index in [-0.39, 0.29) is 70.8 Å². The molecule has 7 rings (SSSR count). The van der Waals surface area contributed by atoms with Crippen LogP contribution in [0.4, 0.5) is 23.6 Å². The van der Waals surface area contributed by atoms with Crippen molar-refractivity contribution in [2.75, 3.05) is 4.90 Å². The molecule has 4 heterocycles. The highest BCUT2D eigenvalue weighted by atomic mass is 19.4. The summed E-state index contributed by atoms with van der Waals surface area (Å²) in [5.41, 5.74) is 1.02. The van der Waals surface area contributed by atoms with Crippen LogP contribution in [0.5, 0.6) is 5.75 Å². The lowest BCUT2D eigenvalue weighted by Crippen LogP contribution is -2.45. The van der Waals surface area contributed by atoms with Crippen molar-refractivity contribution in [2.45, 2.75) is 75.6 Å². The molecule has 10 nitrogen and oxygen atoms in total. The van der Waals surface area contributed by atoms with Gasteiger partial charge in [-0.1, -0.05) is 22.4 Å². The minimum atomic E-state index is -4.86. The summed E-state index contributed by atoms with van der Waals surface area (Å²) in [5, 5.41) is 21.6. The predicted octanol–water partition coefficient (Wildman–Crippen LogP) is 6.72. The number of carboxylic acid groups (broad SMARTS) is 1. The molecule has 44 heavy (non-hydrogen) atoms. The Bertz CT molecular complexity index is 1690. The van der Waals surface area contributed by atoms with Crippen molar-refractivity contribution in [3.63, 3.8) is 0 Å². The molecule has 1 saturated carbocycles. The quantitative estimate of drug-likeness (QED) is 0.203. The van der Waals surface area contributed by atoms with Crippen molar-refractivity contribution in [3.05, 3.63) is 65.2 Å². The Hall–Kier alpha value is -4.46. The standard InChI is InChI=1S/C30H26F4N4O6/c31-18-10-16(9-17(11-18)28(39)40)27-35-36-29(42-27)38-19-7-8-20(38)13-21(12-19)41-14-23-25(37-44-26(23)15-5-6-15)22-3-1-2-4-24(22)43-30(32,33)34/h1-4,9-11,15,19-21H,5-8,12-14H2,(H,39,40)/t19-,20+,21?. The van der Waals surface area contributed by atoms with Crippen LogP contribution < -0.4 is 9.64 Å². The average molecular weight is 615 g/mol. The Morgan fingerprint density at radius 3 is 2.50 bits per heavy atom. The molecule has 2 aromatic carbocycles. The first kappa shape index (κ1) is 28.3. The normalized spacial score (nSPS) is 21.5. The van der Waals surface area contributed by atoms with Gasteiger partial charge in [-0.3, -0.25) is 0 Å². The lowest BCUT2D eigenvalue weighted by atomic mass is 9.99. The second-order valence-corrected chi connectivity index (χ2v) is 11.3. The summed E-state index contributed by atoms with van der Waals surface area (Å²) in [6.45, 7) is 0.116. The van der Waals surface area contributed by atoms with E-state index in [1.165, 1.54) is 24.3 Å². The zero-order chi connectivity index (χ0) is 30.6. The van der Waals surface area contributed by atoms with E-state index < -0.39 is 18.1 Å². The second-order valence-electron chi connectivity index (χ2n) is 11.3. The number of ether oxygens (including phenoxy) is 2. The van der Waals surface area contributed by atoms with Gasteiger partial charge in [0.25, 0.3) is 0 Å². The zero-order valence-electron chi connectivity index (χ0n) is 23.1. The number of hydrogen-bond acceptors (Lipinski definition) is 9. The minimum Gasteiger partial charge on any atom is -0.478 e. The maximum absolute atomic E-state index is 14.0. The van der Waals surface area contributed by atoms with E-state index in [4.69, 9.17) is 13.7 Å².